The molecule has 0 aliphatic heterocycles. The molecule has 1 nitrogen and oxygen atoms in total. The van der Waals surface area contributed by atoms with Crippen LogP contribution in [0.1, 0.15) is 5.56 Å². The summed E-state index contributed by atoms with van der Waals surface area (Å²) < 4.78 is 16.6. The standard InChI is InChI=1S/C26H17FN/c1-3-15-13-16(27)14-22-20-10-6-9-19-17-7-4-5-8-18(17)21-11-12-28(2)26(23(15)22)25(21)24(19)20/h3-14H,1H2,2H3/q+1. The van der Waals surface area contributed by atoms with Gasteiger partial charge in [-0.15, -0.1) is 0 Å². The van der Waals surface area contributed by atoms with E-state index in [9.17, 15) is 4.39 Å². The number of halogens is 1. The van der Waals surface area contributed by atoms with E-state index in [0.717, 1.165) is 27.2 Å². The zero-order chi connectivity index (χ0) is 19.0. The molecule has 0 unspecified atom stereocenters. The summed E-state index contributed by atoms with van der Waals surface area (Å²) in [4.78, 5) is 0. The van der Waals surface area contributed by atoms with Gasteiger partial charge in [-0.25, -0.2) is 8.96 Å². The van der Waals surface area contributed by atoms with E-state index < -0.39 is 0 Å². The Morgan fingerprint density at radius 1 is 0.750 bits per heavy atom. The first-order chi connectivity index (χ1) is 13.7. The Morgan fingerprint density at radius 2 is 1.39 bits per heavy atom. The van der Waals surface area contributed by atoms with Gasteiger partial charge >= 0.3 is 0 Å². The number of pyridine rings is 1. The number of fused-ring (bicyclic) bond motifs is 6. The molecule has 0 amide bonds. The van der Waals surface area contributed by atoms with Gasteiger partial charge in [-0.05, 0) is 44.6 Å². The molecule has 1 aromatic heterocycles. The van der Waals surface area contributed by atoms with Crippen LogP contribution in [-0.2, 0) is 7.05 Å². The first-order valence-electron chi connectivity index (χ1n) is 9.41. The number of aromatic nitrogens is 1. The fraction of sp³-hybridized carbons (Fsp3) is 0.0385. The smallest absolute Gasteiger partial charge is 0.207 e. The van der Waals surface area contributed by atoms with Gasteiger partial charge in [0.25, 0.3) is 0 Å². The highest BCUT2D eigenvalue weighted by Crippen LogP contribution is 2.44. The summed E-state index contributed by atoms with van der Waals surface area (Å²) in [6, 6.07) is 20.3. The molecular formula is C26H17FN+. The zero-order valence-electron chi connectivity index (χ0n) is 15.5. The fourth-order valence-electron chi connectivity index (χ4n) is 4.92. The lowest BCUT2D eigenvalue weighted by Gasteiger charge is -2.16. The van der Waals surface area contributed by atoms with Crippen LogP contribution < -0.4 is 4.57 Å². The lowest BCUT2D eigenvalue weighted by molar-refractivity contribution is -0.643. The van der Waals surface area contributed by atoms with E-state index in [-0.39, 0.29) is 5.82 Å². The second-order valence-electron chi connectivity index (χ2n) is 7.46. The molecule has 2 heteroatoms. The van der Waals surface area contributed by atoms with Crippen LogP contribution >= 0.6 is 0 Å². The molecule has 1 heterocycles. The van der Waals surface area contributed by atoms with E-state index >= 15 is 0 Å². The van der Waals surface area contributed by atoms with Crippen LogP contribution in [0.3, 0.4) is 0 Å². The van der Waals surface area contributed by atoms with Gasteiger partial charge in [-0.2, -0.15) is 0 Å². The third-order valence-electron chi connectivity index (χ3n) is 6.03. The van der Waals surface area contributed by atoms with E-state index in [4.69, 9.17) is 0 Å². The van der Waals surface area contributed by atoms with Crippen LogP contribution in [0.25, 0.3) is 60.1 Å². The lowest BCUT2D eigenvalue weighted by Crippen LogP contribution is -2.28. The molecule has 0 spiro atoms. The van der Waals surface area contributed by atoms with Crippen molar-refractivity contribution >= 4 is 60.1 Å². The van der Waals surface area contributed by atoms with Crippen LogP contribution in [0.5, 0.6) is 0 Å². The number of nitrogens with zero attached hydrogens (tertiary/aromatic N) is 1. The summed E-state index contributed by atoms with van der Waals surface area (Å²) in [6.07, 6.45) is 3.86. The molecule has 0 fully saturated rings. The van der Waals surface area contributed by atoms with Crippen molar-refractivity contribution in [3.05, 3.63) is 84.8 Å². The minimum Gasteiger partial charge on any atom is -0.207 e. The maximum atomic E-state index is 14.5. The molecule has 6 aromatic rings. The third-order valence-corrected chi connectivity index (χ3v) is 6.03. The number of aryl methyl sites for hydroxylation is 1. The van der Waals surface area contributed by atoms with Gasteiger partial charge in [-0.3, -0.25) is 0 Å². The number of hydrogen-bond acceptors (Lipinski definition) is 0. The maximum Gasteiger partial charge on any atom is 0.222 e. The van der Waals surface area contributed by atoms with Gasteiger partial charge in [0.1, 0.15) is 12.9 Å². The van der Waals surface area contributed by atoms with Crippen molar-refractivity contribution in [1.29, 1.82) is 0 Å². The second kappa shape index (κ2) is 5.26. The molecular weight excluding hydrogens is 345 g/mol. The molecule has 5 aromatic carbocycles. The van der Waals surface area contributed by atoms with E-state index in [2.05, 4.69) is 72.9 Å². The third kappa shape index (κ3) is 1.77. The van der Waals surface area contributed by atoms with Crippen molar-refractivity contribution < 1.29 is 8.96 Å². The fourth-order valence-corrected chi connectivity index (χ4v) is 4.92. The summed E-state index contributed by atoms with van der Waals surface area (Å²) in [6.45, 7) is 3.95. The van der Waals surface area contributed by atoms with Gasteiger partial charge < -0.3 is 0 Å². The molecule has 0 saturated heterocycles. The highest BCUT2D eigenvalue weighted by Gasteiger charge is 2.23. The van der Waals surface area contributed by atoms with Crippen molar-refractivity contribution in [1.82, 2.24) is 0 Å². The number of rotatable bonds is 1. The lowest BCUT2D eigenvalue weighted by atomic mass is 9.87. The summed E-state index contributed by atoms with van der Waals surface area (Å²) >= 11 is 0. The van der Waals surface area contributed by atoms with Crippen LogP contribution in [-0.4, -0.2) is 0 Å². The van der Waals surface area contributed by atoms with Crippen molar-refractivity contribution in [2.75, 3.05) is 0 Å². The average molecular weight is 362 g/mol. The molecule has 28 heavy (non-hydrogen) atoms. The van der Waals surface area contributed by atoms with Crippen LogP contribution in [0.2, 0.25) is 0 Å². The Bertz CT molecular complexity index is 1590. The first-order valence-corrected chi connectivity index (χ1v) is 9.41. The minimum absolute atomic E-state index is 0.232. The van der Waals surface area contributed by atoms with Gasteiger partial charge in [0.05, 0.1) is 10.8 Å². The molecule has 0 saturated carbocycles. The molecule has 0 bridgehead atoms. The monoisotopic (exact) mass is 362 g/mol. The molecule has 0 radical (unpaired) electrons. The Kier molecular flexibility index (Phi) is 2.92. The van der Waals surface area contributed by atoms with Gasteiger partial charge in [0.15, 0.2) is 6.20 Å². The Labute approximate surface area is 161 Å². The molecule has 6 rings (SSSR count). The van der Waals surface area contributed by atoms with E-state index in [1.807, 2.05) is 0 Å². The first kappa shape index (κ1) is 15.5. The van der Waals surface area contributed by atoms with Crippen LogP contribution in [0, 0.1) is 5.82 Å². The van der Waals surface area contributed by atoms with E-state index in [1.165, 1.54) is 32.3 Å². The molecule has 0 aliphatic rings. The van der Waals surface area contributed by atoms with Gasteiger partial charge in [0, 0.05) is 16.8 Å². The minimum atomic E-state index is -0.232. The van der Waals surface area contributed by atoms with Crippen LogP contribution in [0.15, 0.2) is 73.4 Å². The largest absolute Gasteiger partial charge is 0.222 e. The van der Waals surface area contributed by atoms with Crippen LogP contribution in [0.4, 0.5) is 4.39 Å². The van der Waals surface area contributed by atoms with Crippen molar-refractivity contribution in [3.8, 4) is 0 Å². The Hall–Kier alpha value is -3.52. The average Bonchev–Trinajstić information content (AvgIpc) is 2.73. The number of hydrogen-bond donors (Lipinski definition) is 0. The zero-order valence-corrected chi connectivity index (χ0v) is 15.5. The normalized spacial score (nSPS) is 12.1. The van der Waals surface area contributed by atoms with Crippen molar-refractivity contribution in [2.45, 2.75) is 0 Å². The molecule has 0 N–H and O–H groups in total. The summed E-state index contributed by atoms with van der Waals surface area (Å²) in [5.41, 5.74) is 1.95. The summed E-state index contributed by atoms with van der Waals surface area (Å²) in [7, 11) is 2.06. The van der Waals surface area contributed by atoms with Crippen molar-refractivity contribution in [3.63, 3.8) is 0 Å². The van der Waals surface area contributed by atoms with E-state index in [0.29, 0.717) is 0 Å². The molecule has 132 valence electrons. The molecule has 0 atom stereocenters. The highest BCUT2D eigenvalue weighted by molar-refractivity contribution is 6.39. The topological polar surface area (TPSA) is 3.88 Å². The number of benzene rings is 5. The predicted octanol–water partition coefficient (Wildman–Crippen LogP) is 6.50. The predicted molar refractivity (Wildman–Crippen MR) is 116 cm³/mol. The molecule has 0 aliphatic carbocycles. The highest BCUT2D eigenvalue weighted by atomic mass is 19.1. The second-order valence-corrected chi connectivity index (χ2v) is 7.46. The Morgan fingerprint density at radius 3 is 2.11 bits per heavy atom. The quantitative estimate of drug-likeness (QED) is 0.179. The Balaban J connectivity index is 2.14. The SMILES string of the molecule is C=Cc1cc(F)cc2c3cccc4c5ccccc5c5cc[n+](C)c(c12)c5c43. The van der Waals surface area contributed by atoms with E-state index in [1.54, 1.807) is 18.2 Å². The summed E-state index contributed by atoms with van der Waals surface area (Å²) in [5.74, 6) is -0.232. The van der Waals surface area contributed by atoms with Crippen molar-refractivity contribution in [2.24, 2.45) is 7.05 Å². The van der Waals surface area contributed by atoms with Gasteiger partial charge in [-0.1, -0.05) is 55.1 Å². The summed E-state index contributed by atoms with van der Waals surface area (Å²) in [5, 5.41) is 10.4. The maximum absolute atomic E-state index is 14.5. The van der Waals surface area contributed by atoms with Gasteiger partial charge in [0.2, 0.25) is 5.52 Å².